The molecule has 2 amide bonds. The molecule has 0 aromatic carbocycles. The Kier molecular flexibility index (Phi) is 6.54. The number of rotatable bonds is 5. The third-order valence-corrected chi connectivity index (χ3v) is 3.39. The summed E-state index contributed by atoms with van der Waals surface area (Å²) in [5.74, 6) is 0.317. The molecule has 1 rings (SSSR count). The first-order valence-electron chi connectivity index (χ1n) is 6.85. The molecule has 0 radical (unpaired) electrons. The molecule has 0 heterocycles. The fourth-order valence-electron chi connectivity index (χ4n) is 2.39. The van der Waals surface area contributed by atoms with E-state index in [1.54, 1.807) is 6.92 Å². The minimum absolute atomic E-state index is 0.0659. The lowest BCUT2D eigenvalue weighted by molar-refractivity contribution is -0.141. The lowest BCUT2D eigenvalue weighted by Crippen LogP contribution is -2.45. The predicted octanol–water partition coefficient (Wildman–Crippen LogP) is 1.82. The molecular formula is C13H24N2O3. The van der Waals surface area contributed by atoms with Crippen molar-refractivity contribution in [3.8, 4) is 0 Å². The van der Waals surface area contributed by atoms with E-state index >= 15 is 0 Å². The zero-order valence-corrected chi connectivity index (χ0v) is 11.3. The maximum absolute atomic E-state index is 11.6. The van der Waals surface area contributed by atoms with Gasteiger partial charge in [-0.1, -0.05) is 26.2 Å². The lowest BCUT2D eigenvalue weighted by atomic mass is 9.84. The molecule has 2 N–H and O–H groups in total. The quantitative estimate of drug-likeness (QED) is 0.737. The van der Waals surface area contributed by atoms with Gasteiger partial charge in [-0.05, 0) is 25.7 Å². The highest BCUT2D eigenvalue weighted by Crippen LogP contribution is 2.26. The summed E-state index contributed by atoms with van der Waals surface area (Å²) in [7, 11) is 0. The molecule has 0 aromatic heterocycles. The Bertz CT molecular complexity index is 281. The fraction of sp³-hybridized carbons (Fsp3) is 0.846. The van der Waals surface area contributed by atoms with Gasteiger partial charge in [0.15, 0.2) is 0 Å². The second kappa shape index (κ2) is 7.95. The maximum atomic E-state index is 11.6. The van der Waals surface area contributed by atoms with Gasteiger partial charge in [0.05, 0.1) is 6.61 Å². The van der Waals surface area contributed by atoms with Gasteiger partial charge in [-0.3, -0.25) is 4.79 Å². The van der Waals surface area contributed by atoms with E-state index in [1.165, 1.54) is 19.3 Å². The Hall–Kier alpha value is -1.26. The summed E-state index contributed by atoms with van der Waals surface area (Å²) in [6, 6.07) is -0.0318. The normalized spacial score (nSPS) is 23.2. The van der Waals surface area contributed by atoms with Crippen molar-refractivity contribution >= 4 is 12.0 Å². The molecule has 0 saturated heterocycles. The summed E-state index contributed by atoms with van der Waals surface area (Å²) in [6.45, 7) is 4.20. The van der Waals surface area contributed by atoms with E-state index in [1.807, 2.05) is 0 Å². The first kappa shape index (κ1) is 14.8. The minimum atomic E-state index is -0.400. The third kappa shape index (κ3) is 5.38. The number of hydrogen-bond acceptors (Lipinski definition) is 3. The SMILES string of the molecule is CCOC(=O)CNC(=O)NC1CCCC(CC)C1. The summed E-state index contributed by atoms with van der Waals surface area (Å²) in [6.07, 6.45) is 5.68. The van der Waals surface area contributed by atoms with E-state index in [4.69, 9.17) is 4.74 Å². The molecule has 0 aromatic rings. The highest BCUT2D eigenvalue weighted by Gasteiger charge is 2.22. The van der Waals surface area contributed by atoms with Crippen molar-refractivity contribution in [1.82, 2.24) is 10.6 Å². The average molecular weight is 256 g/mol. The summed E-state index contributed by atoms with van der Waals surface area (Å²) in [5, 5.41) is 5.45. The molecule has 5 heteroatoms. The molecule has 104 valence electrons. The van der Waals surface area contributed by atoms with Gasteiger partial charge in [0, 0.05) is 6.04 Å². The molecule has 0 bridgehead atoms. The molecular weight excluding hydrogens is 232 g/mol. The molecule has 1 saturated carbocycles. The van der Waals surface area contributed by atoms with Crippen LogP contribution in [0, 0.1) is 5.92 Å². The van der Waals surface area contributed by atoms with E-state index in [9.17, 15) is 9.59 Å². The predicted molar refractivity (Wildman–Crippen MR) is 69.2 cm³/mol. The number of ether oxygens (including phenoxy) is 1. The van der Waals surface area contributed by atoms with E-state index in [0.717, 1.165) is 12.8 Å². The van der Waals surface area contributed by atoms with Crippen LogP contribution >= 0.6 is 0 Å². The van der Waals surface area contributed by atoms with Crippen molar-refractivity contribution in [2.45, 2.75) is 52.0 Å². The molecule has 0 aliphatic heterocycles. The van der Waals surface area contributed by atoms with Crippen LogP contribution in [0.15, 0.2) is 0 Å². The molecule has 5 nitrogen and oxygen atoms in total. The van der Waals surface area contributed by atoms with E-state index in [2.05, 4.69) is 17.6 Å². The van der Waals surface area contributed by atoms with Crippen molar-refractivity contribution in [3.05, 3.63) is 0 Å². The number of carbonyl (C=O) groups is 2. The van der Waals surface area contributed by atoms with Crippen molar-refractivity contribution in [3.63, 3.8) is 0 Å². The molecule has 1 aliphatic carbocycles. The third-order valence-electron chi connectivity index (χ3n) is 3.39. The first-order valence-corrected chi connectivity index (χ1v) is 6.85. The van der Waals surface area contributed by atoms with Crippen LogP contribution in [0.3, 0.4) is 0 Å². The fourth-order valence-corrected chi connectivity index (χ4v) is 2.39. The molecule has 1 fully saturated rings. The van der Waals surface area contributed by atoms with Crippen molar-refractivity contribution < 1.29 is 14.3 Å². The monoisotopic (exact) mass is 256 g/mol. The van der Waals surface area contributed by atoms with Gasteiger partial charge < -0.3 is 15.4 Å². The highest BCUT2D eigenvalue weighted by molar-refractivity contribution is 5.80. The Balaban J connectivity index is 2.21. The number of amides is 2. The van der Waals surface area contributed by atoms with Gasteiger partial charge in [0.1, 0.15) is 6.54 Å². The van der Waals surface area contributed by atoms with Crippen molar-refractivity contribution in [1.29, 1.82) is 0 Å². The van der Waals surface area contributed by atoms with Crippen LogP contribution in [0.4, 0.5) is 4.79 Å². The summed E-state index contributed by atoms with van der Waals surface area (Å²) >= 11 is 0. The van der Waals surface area contributed by atoms with Gasteiger partial charge in [-0.15, -0.1) is 0 Å². The van der Waals surface area contributed by atoms with Crippen LogP contribution in [0.1, 0.15) is 46.0 Å². The Morgan fingerprint density at radius 1 is 1.28 bits per heavy atom. The number of hydrogen-bond donors (Lipinski definition) is 2. The van der Waals surface area contributed by atoms with Crippen LogP contribution in [-0.4, -0.2) is 31.2 Å². The highest BCUT2D eigenvalue weighted by atomic mass is 16.5. The van der Waals surface area contributed by atoms with Gasteiger partial charge in [0.25, 0.3) is 0 Å². The van der Waals surface area contributed by atoms with E-state index < -0.39 is 5.97 Å². The zero-order valence-electron chi connectivity index (χ0n) is 11.3. The van der Waals surface area contributed by atoms with Gasteiger partial charge in [-0.2, -0.15) is 0 Å². The second-order valence-electron chi connectivity index (χ2n) is 4.77. The van der Waals surface area contributed by atoms with Gasteiger partial charge in [-0.25, -0.2) is 4.79 Å². The largest absolute Gasteiger partial charge is 0.465 e. The molecule has 2 atom stereocenters. The van der Waals surface area contributed by atoms with Gasteiger partial charge >= 0.3 is 12.0 Å². The maximum Gasteiger partial charge on any atom is 0.325 e. The first-order chi connectivity index (χ1) is 8.65. The van der Waals surface area contributed by atoms with Crippen LogP contribution in [-0.2, 0) is 9.53 Å². The summed E-state index contributed by atoms with van der Waals surface area (Å²) < 4.78 is 4.74. The van der Waals surface area contributed by atoms with E-state index in [0.29, 0.717) is 12.5 Å². The minimum Gasteiger partial charge on any atom is -0.465 e. The van der Waals surface area contributed by atoms with E-state index in [-0.39, 0.29) is 18.6 Å². The lowest BCUT2D eigenvalue weighted by Gasteiger charge is -2.29. The van der Waals surface area contributed by atoms with Crippen molar-refractivity contribution in [2.24, 2.45) is 5.92 Å². The zero-order chi connectivity index (χ0) is 13.4. The van der Waals surface area contributed by atoms with Crippen LogP contribution in [0.5, 0.6) is 0 Å². The number of esters is 1. The number of urea groups is 1. The Morgan fingerprint density at radius 3 is 2.72 bits per heavy atom. The van der Waals surface area contributed by atoms with Crippen LogP contribution in [0.2, 0.25) is 0 Å². The topological polar surface area (TPSA) is 67.4 Å². The van der Waals surface area contributed by atoms with Crippen molar-refractivity contribution in [2.75, 3.05) is 13.2 Å². The molecule has 2 unspecified atom stereocenters. The van der Waals surface area contributed by atoms with Crippen LogP contribution in [0.25, 0.3) is 0 Å². The average Bonchev–Trinajstić information content (AvgIpc) is 2.37. The molecule has 1 aliphatic rings. The molecule has 0 spiro atoms. The number of nitrogens with one attached hydrogen (secondary N) is 2. The molecule has 18 heavy (non-hydrogen) atoms. The van der Waals surface area contributed by atoms with Gasteiger partial charge in [0.2, 0.25) is 0 Å². The Morgan fingerprint density at radius 2 is 2.06 bits per heavy atom. The Labute approximate surface area is 109 Å². The standard InChI is InChI=1S/C13H24N2O3/c1-3-10-6-5-7-11(8-10)15-13(17)14-9-12(16)18-4-2/h10-11H,3-9H2,1-2H3,(H2,14,15,17). The second-order valence-corrected chi connectivity index (χ2v) is 4.77. The van der Waals surface area contributed by atoms with Crippen LogP contribution < -0.4 is 10.6 Å². The summed E-state index contributed by atoms with van der Waals surface area (Å²) in [4.78, 5) is 22.7. The smallest absolute Gasteiger partial charge is 0.325 e. The number of carbonyl (C=O) groups excluding carboxylic acids is 2. The summed E-state index contributed by atoms with van der Waals surface area (Å²) in [5.41, 5.74) is 0.